The Morgan fingerprint density at radius 3 is 2.57 bits per heavy atom. The van der Waals surface area contributed by atoms with Gasteiger partial charge in [0.05, 0.1) is 5.92 Å². The van der Waals surface area contributed by atoms with Gasteiger partial charge in [-0.15, -0.1) is 13.2 Å². The van der Waals surface area contributed by atoms with Crippen LogP contribution in [0, 0.1) is 5.92 Å². The molecule has 0 saturated heterocycles. The van der Waals surface area contributed by atoms with Crippen LogP contribution in [0.25, 0.3) is 0 Å². The third kappa shape index (κ3) is 2.58. The molecular weight excluding hydrogens is 291 g/mol. The lowest BCUT2D eigenvalue weighted by atomic mass is 9.81. The molecule has 2 atom stereocenters. The van der Waals surface area contributed by atoms with Gasteiger partial charge < -0.3 is 15.2 Å². The molecule has 114 valence electrons. The molecule has 0 aromatic heterocycles. The second-order valence-electron chi connectivity index (χ2n) is 4.81. The number of nitrogens with one attached hydrogen (secondary N) is 1. The average Bonchev–Trinajstić information content (AvgIpc) is 2.60. The van der Waals surface area contributed by atoms with E-state index in [2.05, 4.69) is 10.1 Å². The highest BCUT2D eigenvalue weighted by atomic mass is 19.4. The standard InChI is InChI=1S/C13H12F3NO4/c1-6(7(2)18)12(20)9-5-8(21-13(14,15)16)3-4-10(9)17-11(12)19/h3-6,20H,1-2H3,(H,17,19)/t6?,12-/m0/s1. The molecule has 1 heterocycles. The second kappa shape index (κ2) is 4.73. The Balaban J connectivity index is 2.49. The number of hydrogen-bond donors (Lipinski definition) is 2. The normalized spacial score (nSPS) is 22.5. The minimum Gasteiger partial charge on any atom is -0.406 e. The summed E-state index contributed by atoms with van der Waals surface area (Å²) in [4.78, 5) is 23.4. The van der Waals surface area contributed by atoms with Crippen LogP contribution in [-0.2, 0) is 15.2 Å². The van der Waals surface area contributed by atoms with E-state index in [0.717, 1.165) is 12.1 Å². The minimum absolute atomic E-state index is 0.114. The fourth-order valence-corrected chi connectivity index (χ4v) is 2.21. The number of anilines is 1. The van der Waals surface area contributed by atoms with Crippen LogP contribution in [0.5, 0.6) is 5.75 Å². The molecule has 0 spiro atoms. The number of amides is 1. The molecule has 0 fully saturated rings. The number of rotatable bonds is 3. The van der Waals surface area contributed by atoms with Gasteiger partial charge in [0.15, 0.2) is 5.60 Å². The van der Waals surface area contributed by atoms with Crippen molar-refractivity contribution >= 4 is 17.4 Å². The maximum absolute atomic E-state index is 12.2. The van der Waals surface area contributed by atoms with Gasteiger partial charge in [-0.2, -0.15) is 0 Å². The van der Waals surface area contributed by atoms with Crippen molar-refractivity contribution in [2.24, 2.45) is 5.92 Å². The lowest BCUT2D eigenvalue weighted by Crippen LogP contribution is -2.43. The Morgan fingerprint density at radius 1 is 1.43 bits per heavy atom. The van der Waals surface area contributed by atoms with Gasteiger partial charge in [-0.05, 0) is 25.1 Å². The van der Waals surface area contributed by atoms with Crippen LogP contribution in [0.4, 0.5) is 18.9 Å². The number of alkyl halides is 3. The molecule has 1 amide bonds. The van der Waals surface area contributed by atoms with Crippen LogP contribution in [0.1, 0.15) is 19.4 Å². The van der Waals surface area contributed by atoms with E-state index in [1.165, 1.54) is 19.9 Å². The molecular formula is C13H12F3NO4. The van der Waals surface area contributed by atoms with E-state index in [1.807, 2.05) is 0 Å². The molecule has 1 aliphatic heterocycles. The third-order valence-corrected chi connectivity index (χ3v) is 3.47. The molecule has 21 heavy (non-hydrogen) atoms. The topological polar surface area (TPSA) is 75.6 Å². The van der Waals surface area contributed by atoms with Gasteiger partial charge in [0.2, 0.25) is 0 Å². The molecule has 5 nitrogen and oxygen atoms in total. The quantitative estimate of drug-likeness (QED) is 0.895. The number of aliphatic hydroxyl groups is 1. The first kappa shape index (κ1) is 15.3. The van der Waals surface area contributed by atoms with Gasteiger partial charge in [-0.25, -0.2) is 0 Å². The number of carbonyl (C=O) groups excluding carboxylic acids is 2. The summed E-state index contributed by atoms with van der Waals surface area (Å²) in [6.45, 7) is 2.51. The van der Waals surface area contributed by atoms with Gasteiger partial charge in [0.1, 0.15) is 11.5 Å². The molecule has 1 unspecified atom stereocenters. The van der Waals surface area contributed by atoms with E-state index in [1.54, 1.807) is 0 Å². The van der Waals surface area contributed by atoms with E-state index >= 15 is 0 Å². The van der Waals surface area contributed by atoms with Gasteiger partial charge in [-0.1, -0.05) is 6.92 Å². The summed E-state index contributed by atoms with van der Waals surface area (Å²) < 4.78 is 40.4. The predicted octanol–water partition coefficient (Wildman–Crippen LogP) is 1.95. The van der Waals surface area contributed by atoms with E-state index in [9.17, 15) is 27.9 Å². The first-order valence-electron chi connectivity index (χ1n) is 6.00. The van der Waals surface area contributed by atoms with Crippen LogP contribution in [0.2, 0.25) is 0 Å². The number of carbonyl (C=O) groups is 2. The number of hydrogen-bond acceptors (Lipinski definition) is 4. The van der Waals surface area contributed by atoms with Crippen molar-refractivity contribution in [1.82, 2.24) is 0 Å². The molecule has 2 N–H and O–H groups in total. The van der Waals surface area contributed by atoms with Crippen LogP contribution in [0.3, 0.4) is 0 Å². The summed E-state index contributed by atoms with van der Waals surface area (Å²) in [7, 11) is 0. The third-order valence-electron chi connectivity index (χ3n) is 3.47. The largest absolute Gasteiger partial charge is 0.573 e. The SMILES string of the molecule is CC(=O)C(C)[C@@]1(O)C(=O)Nc2ccc(OC(F)(F)F)cc21. The summed E-state index contributed by atoms with van der Waals surface area (Å²) in [5.41, 5.74) is -2.19. The summed E-state index contributed by atoms with van der Waals surface area (Å²) in [5, 5.41) is 12.8. The average molecular weight is 303 g/mol. The van der Waals surface area contributed by atoms with E-state index in [-0.39, 0.29) is 11.3 Å². The Morgan fingerprint density at radius 2 is 2.05 bits per heavy atom. The highest BCUT2D eigenvalue weighted by molar-refractivity contribution is 6.07. The highest BCUT2D eigenvalue weighted by Crippen LogP contribution is 2.43. The van der Waals surface area contributed by atoms with E-state index < -0.39 is 35.3 Å². The summed E-state index contributed by atoms with van der Waals surface area (Å²) in [5.74, 6) is -3.01. The number of benzene rings is 1. The monoisotopic (exact) mass is 303 g/mol. The smallest absolute Gasteiger partial charge is 0.406 e. The summed E-state index contributed by atoms with van der Waals surface area (Å²) >= 11 is 0. The predicted molar refractivity (Wildman–Crippen MR) is 65.5 cm³/mol. The number of ether oxygens (including phenoxy) is 1. The molecule has 1 aliphatic rings. The fourth-order valence-electron chi connectivity index (χ4n) is 2.21. The fraction of sp³-hybridized carbons (Fsp3) is 0.385. The van der Waals surface area contributed by atoms with Gasteiger partial charge >= 0.3 is 6.36 Å². The molecule has 2 rings (SSSR count). The zero-order chi connectivity index (χ0) is 16.0. The number of halogens is 3. The van der Waals surface area contributed by atoms with Crippen molar-refractivity contribution in [3.63, 3.8) is 0 Å². The van der Waals surface area contributed by atoms with Crippen LogP contribution in [0.15, 0.2) is 18.2 Å². The molecule has 8 heteroatoms. The molecule has 0 aliphatic carbocycles. The highest BCUT2D eigenvalue weighted by Gasteiger charge is 2.51. The molecule has 1 aromatic rings. The van der Waals surface area contributed by atoms with Crippen molar-refractivity contribution in [3.8, 4) is 5.75 Å². The van der Waals surface area contributed by atoms with E-state index in [0.29, 0.717) is 0 Å². The molecule has 0 bridgehead atoms. The molecule has 1 aromatic carbocycles. The van der Waals surface area contributed by atoms with E-state index in [4.69, 9.17) is 0 Å². The van der Waals surface area contributed by atoms with Crippen molar-refractivity contribution < 1.29 is 32.6 Å². The Hall–Kier alpha value is -2.09. The lowest BCUT2D eigenvalue weighted by molar-refractivity contribution is -0.274. The van der Waals surface area contributed by atoms with Gasteiger partial charge in [-0.3, -0.25) is 9.59 Å². The van der Waals surface area contributed by atoms with Crippen LogP contribution in [-0.4, -0.2) is 23.2 Å². The van der Waals surface area contributed by atoms with Crippen LogP contribution >= 0.6 is 0 Å². The maximum Gasteiger partial charge on any atom is 0.573 e. The zero-order valence-corrected chi connectivity index (χ0v) is 11.1. The van der Waals surface area contributed by atoms with Crippen molar-refractivity contribution in [2.45, 2.75) is 25.8 Å². The number of fused-ring (bicyclic) bond motifs is 1. The molecule has 0 radical (unpaired) electrons. The first-order chi connectivity index (χ1) is 9.55. The van der Waals surface area contributed by atoms with Crippen molar-refractivity contribution in [2.75, 3.05) is 5.32 Å². The Bertz CT molecular complexity index is 614. The first-order valence-corrected chi connectivity index (χ1v) is 6.00. The second-order valence-corrected chi connectivity index (χ2v) is 4.81. The number of Topliss-reactive ketones (excluding diaryl/α,β-unsaturated/α-hetero) is 1. The lowest BCUT2D eigenvalue weighted by Gasteiger charge is -2.26. The minimum atomic E-state index is -4.89. The number of ketones is 1. The van der Waals surface area contributed by atoms with Gasteiger partial charge in [0, 0.05) is 11.3 Å². The van der Waals surface area contributed by atoms with Crippen molar-refractivity contribution in [1.29, 1.82) is 0 Å². The summed E-state index contributed by atoms with van der Waals surface area (Å²) in [6.07, 6.45) is -4.89. The summed E-state index contributed by atoms with van der Waals surface area (Å²) in [6, 6.07) is 3.09. The zero-order valence-electron chi connectivity index (χ0n) is 11.1. The van der Waals surface area contributed by atoms with Gasteiger partial charge in [0.25, 0.3) is 5.91 Å². The molecule has 0 saturated carbocycles. The van der Waals surface area contributed by atoms with Crippen LogP contribution < -0.4 is 10.1 Å². The maximum atomic E-state index is 12.2. The van der Waals surface area contributed by atoms with Crippen molar-refractivity contribution in [3.05, 3.63) is 23.8 Å². The Labute approximate surface area is 117 Å². The Kier molecular flexibility index (Phi) is 3.45.